The molecule has 4 rings (SSSR count). The Kier molecular flexibility index (Phi) is 5.47. The van der Waals surface area contributed by atoms with Gasteiger partial charge in [0.15, 0.2) is 0 Å². The largest absolute Gasteiger partial charge is 0.322 e. The van der Waals surface area contributed by atoms with E-state index in [0.717, 1.165) is 38.8 Å². The normalized spacial score (nSPS) is 11.0. The van der Waals surface area contributed by atoms with Gasteiger partial charge in [-0.2, -0.15) is 0 Å². The highest BCUT2D eigenvalue weighted by atomic mass is 16.2. The van der Waals surface area contributed by atoms with Crippen LogP contribution in [0.25, 0.3) is 10.9 Å². The van der Waals surface area contributed by atoms with Crippen molar-refractivity contribution in [2.24, 2.45) is 0 Å². The molecule has 0 atom stereocenters. The molecule has 0 fully saturated rings. The van der Waals surface area contributed by atoms with E-state index in [1.165, 1.54) is 0 Å². The van der Waals surface area contributed by atoms with E-state index in [0.29, 0.717) is 11.1 Å². The van der Waals surface area contributed by atoms with Crippen molar-refractivity contribution < 1.29 is 4.79 Å². The van der Waals surface area contributed by atoms with Gasteiger partial charge in [-0.05, 0) is 75.0 Å². The van der Waals surface area contributed by atoms with Crippen LogP contribution in [0.3, 0.4) is 0 Å². The average Bonchev–Trinajstić information content (AvgIpc) is 2.73. The third-order valence-corrected chi connectivity index (χ3v) is 5.59. The highest BCUT2D eigenvalue weighted by Gasteiger charge is 2.21. The Morgan fingerprint density at radius 1 is 0.806 bits per heavy atom. The minimum Gasteiger partial charge on any atom is -0.322 e. The van der Waals surface area contributed by atoms with Crippen molar-refractivity contribution in [3.8, 4) is 0 Å². The van der Waals surface area contributed by atoms with Crippen LogP contribution in [0.4, 0.5) is 5.69 Å². The van der Waals surface area contributed by atoms with Gasteiger partial charge in [0, 0.05) is 22.3 Å². The van der Waals surface area contributed by atoms with Crippen molar-refractivity contribution in [3.05, 3.63) is 110 Å². The Hall–Kier alpha value is -3.66. The second-order valence-corrected chi connectivity index (χ2v) is 8.26. The fraction of sp³-hybridized carbons (Fsp3) is 0.185. The summed E-state index contributed by atoms with van der Waals surface area (Å²) in [5, 5.41) is 0.956. The van der Waals surface area contributed by atoms with Crippen LogP contribution in [0, 0.1) is 27.7 Å². The van der Waals surface area contributed by atoms with Crippen molar-refractivity contribution in [2.45, 2.75) is 34.2 Å². The molecule has 0 bridgehead atoms. The number of aromatic amines is 1. The summed E-state index contributed by atoms with van der Waals surface area (Å²) in [5.41, 5.74) is 6.90. The molecule has 0 aliphatic carbocycles. The molecule has 4 aromatic rings. The summed E-state index contributed by atoms with van der Waals surface area (Å²) < 4.78 is 0. The summed E-state index contributed by atoms with van der Waals surface area (Å²) in [6.07, 6.45) is 0. The zero-order valence-corrected chi connectivity index (χ0v) is 18.3. The fourth-order valence-electron chi connectivity index (χ4n) is 3.89. The maximum atomic E-state index is 13.5. The summed E-state index contributed by atoms with van der Waals surface area (Å²) in [6, 6.07) is 21.3. The molecule has 4 heteroatoms. The van der Waals surface area contributed by atoms with E-state index < -0.39 is 0 Å². The molecule has 1 amide bonds. The first-order chi connectivity index (χ1) is 14.8. The first-order valence-electron chi connectivity index (χ1n) is 10.4. The lowest BCUT2D eigenvalue weighted by atomic mass is 10.1. The summed E-state index contributed by atoms with van der Waals surface area (Å²) >= 11 is 0. The van der Waals surface area contributed by atoms with Crippen LogP contribution in [-0.4, -0.2) is 10.9 Å². The van der Waals surface area contributed by atoms with Crippen molar-refractivity contribution in [2.75, 3.05) is 4.90 Å². The fourth-order valence-corrected chi connectivity index (χ4v) is 3.89. The summed E-state index contributed by atoms with van der Waals surface area (Å²) in [5.74, 6) is -0.129. The number of hydrogen-bond acceptors (Lipinski definition) is 2. The van der Waals surface area contributed by atoms with Crippen LogP contribution >= 0.6 is 0 Å². The molecule has 4 nitrogen and oxygen atoms in total. The molecule has 3 aromatic carbocycles. The average molecular weight is 411 g/mol. The summed E-state index contributed by atoms with van der Waals surface area (Å²) in [7, 11) is 0. The molecule has 0 aliphatic heterocycles. The number of nitrogens with zero attached hydrogens (tertiary/aromatic N) is 1. The van der Waals surface area contributed by atoms with Gasteiger partial charge >= 0.3 is 0 Å². The molecular formula is C27H26N2O2. The number of aromatic nitrogens is 1. The second-order valence-electron chi connectivity index (χ2n) is 8.26. The third-order valence-electron chi connectivity index (χ3n) is 5.59. The van der Waals surface area contributed by atoms with E-state index in [2.05, 4.69) is 11.1 Å². The standard InChI is InChI=1S/C27H26N2O2/c1-17-5-9-21(10-6-17)27(31)29(25-12-8-18(2)13-20(25)4)16-23-15-22-14-19(3)7-11-24(22)28-26(23)30/h5-15H,16H2,1-4H3,(H,28,30). The van der Waals surface area contributed by atoms with Crippen LogP contribution < -0.4 is 10.5 Å². The lowest BCUT2D eigenvalue weighted by Crippen LogP contribution is -2.33. The first-order valence-corrected chi connectivity index (χ1v) is 10.4. The Balaban J connectivity index is 1.82. The number of carbonyl (C=O) groups excluding carboxylic acids is 1. The Morgan fingerprint density at radius 2 is 1.45 bits per heavy atom. The maximum Gasteiger partial charge on any atom is 0.258 e. The zero-order valence-electron chi connectivity index (χ0n) is 18.3. The molecule has 1 aromatic heterocycles. The molecule has 1 N–H and O–H groups in total. The van der Waals surface area contributed by atoms with Gasteiger partial charge < -0.3 is 9.88 Å². The molecule has 156 valence electrons. The highest BCUT2D eigenvalue weighted by molar-refractivity contribution is 6.06. The van der Waals surface area contributed by atoms with Crippen molar-refractivity contribution in [1.82, 2.24) is 4.98 Å². The Labute approximate surface area is 182 Å². The van der Waals surface area contributed by atoms with E-state index >= 15 is 0 Å². The molecule has 0 aliphatic rings. The number of nitrogens with one attached hydrogen (secondary N) is 1. The van der Waals surface area contributed by atoms with Crippen LogP contribution in [0.1, 0.15) is 38.2 Å². The van der Waals surface area contributed by atoms with Gasteiger partial charge in [0.1, 0.15) is 0 Å². The SMILES string of the molecule is Cc1ccc(C(=O)N(Cc2cc3cc(C)ccc3[nH]c2=O)c2ccc(C)cc2C)cc1. The van der Waals surface area contributed by atoms with Gasteiger partial charge in [-0.3, -0.25) is 9.59 Å². The number of aryl methyl sites for hydroxylation is 4. The summed E-state index contributed by atoms with van der Waals surface area (Å²) in [6.45, 7) is 8.22. The van der Waals surface area contributed by atoms with Gasteiger partial charge in [0.25, 0.3) is 11.5 Å². The number of anilines is 1. The molecular weight excluding hydrogens is 384 g/mol. The van der Waals surface area contributed by atoms with Gasteiger partial charge in [-0.25, -0.2) is 0 Å². The molecule has 0 spiro atoms. The lowest BCUT2D eigenvalue weighted by Gasteiger charge is -2.25. The Morgan fingerprint density at radius 3 is 2.16 bits per heavy atom. The predicted molar refractivity (Wildman–Crippen MR) is 127 cm³/mol. The minimum atomic E-state index is -0.178. The van der Waals surface area contributed by atoms with Crippen LogP contribution in [0.5, 0.6) is 0 Å². The zero-order chi connectivity index (χ0) is 22.1. The number of hydrogen-bond donors (Lipinski definition) is 1. The van der Waals surface area contributed by atoms with E-state index in [1.54, 1.807) is 4.90 Å². The summed E-state index contributed by atoms with van der Waals surface area (Å²) in [4.78, 5) is 31.0. The Bertz CT molecular complexity index is 1330. The quantitative estimate of drug-likeness (QED) is 0.475. The van der Waals surface area contributed by atoms with Crippen LogP contribution in [0.2, 0.25) is 0 Å². The molecule has 0 radical (unpaired) electrons. The minimum absolute atomic E-state index is 0.129. The predicted octanol–water partition coefficient (Wildman–Crippen LogP) is 5.61. The van der Waals surface area contributed by atoms with E-state index in [-0.39, 0.29) is 18.0 Å². The van der Waals surface area contributed by atoms with Crippen LogP contribution in [-0.2, 0) is 6.54 Å². The van der Waals surface area contributed by atoms with E-state index in [1.807, 2.05) is 88.4 Å². The molecule has 0 saturated carbocycles. The monoisotopic (exact) mass is 410 g/mol. The third kappa shape index (κ3) is 4.29. The van der Waals surface area contributed by atoms with E-state index in [9.17, 15) is 9.59 Å². The number of fused-ring (bicyclic) bond motifs is 1. The molecule has 0 unspecified atom stereocenters. The maximum absolute atomic E-state index is 13.5. The van der Waals surface area contributed by atoms with Gasteiger partial charge in [0.05, 0.1) is 6.54 Å². The molecule has 0 saturated heterocycles. The number of pyridine rings is 1. The van der Waals surface area contributed by atoms with E-state index in [4.69, 9.17) is 0 Å². The second kappa shape index (κ2) is 8.23. The first kappa shape index (κ1) is 20.6. The lowest BCUT2D eigenvalue weighted by molar-refractivity contribution is 0.0985. The van der Waals surface area contributed by atoms with Crippen molar-refractivity contribution in [1.29, 1.82) is 0 Å². The van der Waals surface area contributed by atoms with Gasteiger partial charge in [-0.15, -0.1) is 0 Å². The number of rotatable bonds is 4. The highest BCUT2D eigenvalue weighted by Crippen LogP contribution is 2.25. The number of amides is 1. The topological polar surface area (TPSA) is 53.2 Å². The molecule has 1 heterocycles. The van der Waals surface area contributed by atoms with Gasteiger partial charge in [-0.1, -0.05) is 47.0 Å². The molecule has 31 heavy (non-hydrogen) atoms. The number of H-pyrrole nitrogens is 1. The van der Waals surface area contributed by atoms with Gasteiger partial charge in [0.2, 0.25) is 0 Å². The van der Waals surface area contributed by atoms with Crippen molar-refractivity contribution in [3.63, 3.8) is 0 Å². The number of benzene rings is 3. The smallest absolute Gasteiger partial charge is 0.258 e. The van der Waals surface area contributed by atoms with Crippen LogP contribution in [0.15, 0.2) is 71.5 Å². The van der Waals surface area contributed by atoms with Crippen molar-refractivity contribution >= 4 is 22.5 Å². The number of carbonyl (C=O) groups is 1.